The maximum atomic E-state index is 11.7. The van der Waals surface area contributed by atoms with Gasteiger partial charge in [-0.25, -0.2) is 5.43 Å². The monoisotopic (exact) mass is 243 g/mol. The first kappa shape index (κ1) is 11.4. The summed E-state index contributed by atoms with van der Waals surface area (Å²) in [6.07, 6.45) is 8.84. The molecule has 0 aromatic carbocycles. The van der Waals surface area contributed by atoms with Crippen molar-refractivity contribution in [3.63, 3.8) is 0 Å². The fraction of sp³-hybridized carbons (Fsp3) is 0.500. The molecule has 4 nitrogen and oxygen atoms in total. The first-order valence-electron chi connectivity index (χ1n) is 6.57. The van der Waals surface area contributed by atoms with Crippen LogP contribution in [0.5, 0.6) is 0 Å². The van der Waals surface area contributed by atoms with Crippen LogP contribution < -0.4 is 5.43 Å². The van der Waals surface area contributed by atoms with Crippen molar-refractivity contribution in [2.75, 3.05) is 0 Å². The van der Waals surface area contributed by atoms with Crippen LogP contribution in [0.4, 0.5) is 0 Å². The lowest BCUT2D eigenvalue weighted by Crippen LogP contribution is -2.20. The van der Waals surface area contributed by atoms with Gasteiger partial charge in [-0.15, -0.1) is 0 Å². The van der Waals surface area contributed by atoms with E-state index in [1.807, 2.05) is 6.21 Å². The molecule has 3 atom stereocenters. The maximum absolute atomic E-state index is 11.7. The molecular formula is C14H17N3O. The zero-order chi connectivity index (χ0) is 12.4. The lowest BCUT2D eigenvalue weighted by molar-refractivity contribution is 0.0950. The highest BCUT2D eigenvalue weighted by atomic mass is 16.2. The second-order valence-electron chi connectivity index (χ2n) is 5.27. The van der Waals surface area contributed by atoms with Gasteiger partial charge in [0.2, 0.25) is 0 Å². The Kier molecular flexibility index (Phi) is 3.09. The third-order valence-electron chi connectivity index (χ3n) is 4.12. The number of fused-ring (bicyclic) bond motifs is 2. The minimum atomic E-state index is -0.241. The van der Waals surface area contributed by atoms with E-state index in [0.29, 0.717) is 11.6 Å². The van der Waals surface area contributed by atoms with Gasteiger partial charge in [0.15, 0.2) is 0 Å². The van der Waals surface area contributed by atoms with Crippen LogP contribution in [0.1, 0.15) is 36.2 Å². The van der Waals surface area contributed by atoms with Gasteiger partial charge in [0.05, 0.1) is 0 Å². The van der Waals surface area contributed by atoms with Gasteiger partial charge >= 0.3 is 0 Å². The fourth-order valence-electron chi connectivity index (χ4n) is 3.22. The van der Waals surface area contributed by atoms with Crippen LogP contribution in [0, 0.1) is 17.8 Å². The van der Waals surface area contributed by atoms with E-state index in [0.717, 1.165) is 11.8 Å². The van der Waals surface area contributed by atoms with E-state index in [1.54, 1.807) is 24.4 Å². The van der Waals surface area contributed by atoms with Crippen LogP contribution in [0.15, 0.2) is 29.5 Å². The number of amides is 1. The average Bonchev–Trinajstić information content (AvgIpc) is 3.02. The van der Waals surface area contributed by atoms with Crippen molar-refractivity contribution in [3.8, 4) is 0 Å². The molecule has 2 saturated carbocycles. The van der Waals surface area contributed by atoms with E-state index in [1.165, 1.54) is 25.7 Å². The Morgan fingerprint density at radius 1 is 1.39 bits per heavy atom. The van der Waals surface area contributed by atoms with Crippen LogP contribution >= 0.6 is 0 Å². The van der Waals surface area contributed by atoms with Crippen LogP contribution in [-0.4, -0.2) is 17.1 Å². The molecule has 0 aliphatic heterocycles. The largest absolute Gasteiger partial charge is 0.289 e. The molecule has 2 bridgehead atoms. The number of hydrogen-bond acceptors (Lipinski definition) is 3. The van der Waals surface area contributed by atoms with Crippen LogP contribution in [0.25, 0.3) is 0 Å². The maximum Gasteiger partial charge on any atom is 0.289 e. The molecule has 3 rings (SSSR count). The molecule has 3 unspecified atom stereocenters. The quantitative estimate of drug-likeness (QED) is 0.653. The number of hydrazone groups is 1. The normalized spacial score (nSPS) is 29.9. The first-order valence-corrected chi connectivity index (χ1v) is 6.57. The predicted molar refractivity (Wildman–Crippen MR) is 69.1 cm³/mol. The smallest absolute Gasteiger partial charge is 0.266 e. The topological polar surface area (TPSA) is 54.4 Å². The summed E-state index contributed by atoms with van der Waals surface area (Å²) in [5.74, 6) is 2.02. The summed E-state index contributed by atoms with van der Waals surface area (Å²) < 4.78 is 0. The van der Waals surface area contributed by atoms with Gasteiger partial charge in [-0.3, -0.25) is 9.78 Å². The van der Waals surface area contributed by atoms with E-state index < -0.39 is 0 Å². The van der Waals surface area contributed by atoms with Crippen LogP contribution in [-0.2, 0) is 0 Å². The standard InChI is InChI=1S/C14H17N3O/c18-14(13-3-1-2-6-15-13)17-16-9-12-8-10-4-5-11(12)7-10/h1-3,6,9-12H,4-5,7-8H2,(H,17,18). The van der Waals surface area contributed by atoms with Crippen molar-refractivity contribution in [1.82, 2.24) is 10.4 Å². The number of pyridine rings is 1. The number of nitrogens with one attached hydrogen (secondary N) is 1. The minimum Gasteiger partial charge on any atom is -0.266 e. The van der Waals surface area contributed by atoms with Crippen LogP contribution in [0.2, 0.25) is 0 Å². The Morgan fingerprint density at radius 2 is 2.33 bits per heavy atom. The van der Waals surface area contributed by atoms with E-state index in [4.69, 9.17) is 0 Å². The number of hydrogen-bond donors (Lipinski definition) is 1. The van der Waals surface area contributed by atoms with E-state index >= 15 is 0 Å². The number of carbonyl (C=O) groups is 1. The summed E-state index contributed by atoms with van der Waals surface area (Å²) in [5, 5.41) is 4.08. The fourth-order valence-corrected chi connectivity index (χ4v) is 3.22. The number of carbonyl (C=O) groups excluding carboxylic acids is 1. The zero-order valence-corrected chi connectivity index (χ0v) is 10.2. The van der Waals surface area contributed by atoms with E-state index in [2.05, 4.69) is 15.5 Å². The Labute approximate surface area is 107 Å². The van der Waals surface area contributed by atoms with Crippen molar-refractivity contribution in [2.24, 2.45) is 22.9 Å². The van der Waals surface area contributed by atoms with Crippen molar-refractivity contribution in [2.45, 2.75) is 25.7 Å². The lowest BCUT2D eigenvalue weighted by atomic mass is 9.90. The Hall–Kier alpha value is -1.71. The molecule has 1 heterocycles. The molecular weight excluding hydrogens is 226 g/mol. The SMILES string of the molecule is O=C(NN=CC1CC2CCC1C2)c1ccccn1. The molecule has 4 heteroatoms. The molecule has 1 amide bonds. The average molecular weight is 243 g/mol. The van der Waals surface area contributed by atoms with Gasteiger partial charge in [-0.2, -0.15) is 5.10 Å². The second-order valence-corrected chi connectivity index (χ2v) is 5.27. The molecule has 1 aromatic rings. The van der Waals surface area contributed by atoms with Gasteiger partial charge in [-0.1, -0.05) is 12.5 Å². The Morgan fingerprint density at radius 3 is 3.00 bits per heavy atom. The van der Waals surface area contributed by atoms with Gasteiger partial charge in [0.25, 0.3) is 5.91 Å². The molecule has 2 aliphatic carbocycles. The molecule has 0 spiro atoms. The molecule has 2 aliphatic rings. The highest BCUT2D eigenvalue weighted by molar-refractivity contribution is 5.92. The summed E-state index contributed by atoms with van der Waals surface area (Å²) in [6.45, 7) is 0. The Bertz CT molecular complexity index is 457. The molecule has 2 fully saturated rings. The first-order chi connectivity index (χ1) is 8.83. The molecule has 18 heavy (non-hydrogen) atoms. The second kappa shape index (κ2) is 4.88. The Balaban J connectivity index is 1.54. The number of nitrogens with zero attached hydrogens (tertiary/aromatic N) is 2. The number of rotatable bonds is 3. The highest BCUT2D eigenvalue weighted by Crippen LogP contribution is 2.47. The van der Waals surface area contributed by atoms with Gasteiger partial charge in [0, 0.05) is 12.4 Å². The highest BCUT2D eigenvalue weighted by Gasteiger charge is 2.38. The van der Waals surface area contributed by atoms with Gasteiger partial charge < -0.3 is 0 Å². The lowest BCUT2D eigenvalue weighted by Gasteiger charge is -2.16. The summed E-state index contributed by atoms with van der Waals surface area (Å²) in [4.78, 5) is 15.7. The molecule has 1 aromatic heterocycles. The van der Waals surface area contributed by atoms with Crippen LogP contribution in [0.3, 0.4) is 0 Å². The van der Waals surface area contributed by atoms with Gasteiger partial charge in [-0.05, 0) is 49.1 Å². The number of aromatic nitrogens is 1. The predicted octanol–water partition coefficient (Wildman–Crippen LogP) is 2.23. The molecule has 0 radical (unpaired) electrons. The third kappa shape index (κ3) is 2.28. The summed E-state index contributed by atoms with van der Waals surface area (Å²) in [7, 11) is 0. The summed E-state index contributed by atoms with van der Waals surface area (Å²) in [6, 6.07) is 5.26. The van der Waals surface area contributed by atoms with Crippen molar-refractivity contribution >= 4 is 12.1 Å². The summed E-state index contributed by atoms with van der Waals surface area (Å²) in [5.41, 5.74) is 2.96. The summed E-state index contributed by atoms with van der Waals surface area (Å²) >= 11 is 0. The minimum absolute atomic E-state index is 0.241. The van der Waals surface area contributed by atoms with Crippen molar-refractivity contribution < 1.29 is 4.79 Å². The molecule has 94 valence electrons. The van der Waals surface area contributed by atoms with Crippen molar-refractivity contribution in [3.05, 3.63) is 30.1 Å². The molecule has 0 saturated heterocycles. The zero-order valence-electron chi connectivity index (χ0n) is 10.2. The third-order valence-corrected chi connectivity index (χ3v) is 4.12. The van der Waals surface area contributed by atoms with E-state index in [9.17, 15) is 4.79 Å². The van der Waals surface area contributed by atoms with E-state index in [-0.39, 0.29) is 5.91 Å². The van der Waals surface area contributed by atoms with Crippen molar-refractivity contribution in [1.29, 1.82) is 0 Å². The van der Waals surface area contributed by atoms with Gasteiger partial charge in [0.1, 0.15) is 5.69 Å². The molecule has 1 N–H and O–H groups in total.